The summed E-state index contributed by atoms with van der Waals surface area (Å²) in [6.45, 7) is 3.88. The minimum Gasteiger partial charge on any atom is -0.350 e. The molecule has 4 heterocycles. The summed E-state index contributed by atoms with van der Waals surface area (Å²) < 4.78 is 3.10. The molecule has 1 fully saturated rings. The lowest BCUT2D eigenvalue weighted by atomic mass is 9.97. The van der Waals surface area contributed by atoms with Crippen LogP contribution in [0.5, 0.6) is 0 Å². The Hall–Kier alpha value is -1.44. The highest BCUT2D eigenvalue weighted by atomic mass is 35.5. The molecule has 1 N–H and O–H groups in total. The summed E-state index contributed by atoms with van der Waals surface area (Å²) in [7, 11) is 0. The molecule has 4 rings (SSSR count). The fourth-order valence-electron chi connectivity index (χ4n) is 4.11. The van der Waals surface area contributed by atoms with Crippen LogP contribution in [0.3, 0.4) is 0 Å². The zero-order valence-electron chi connectivity index (χ0n) is 15.5. The highest BCUT2D eigenvalue weighted by molar-refractivity contribution is 7.16. The molecule has 1 amide bonds. The minimum atomic E-state index is 0.0697. The van der Waals surface area contributed by atoms with Crippen LogP contribution in [0.2, 0.25) is 4.34 Å². The molecule has 8 heteroatoms. The first-order valence-electron chi connectivity index (χ1n) is 9.84. The fraction of sp³-hybridized carbons (Fsp3) is 0.632. The lowest BCUT2D eigenvalue weighted by Crippen LogP contribution is -2.42. The maximum absolute atomic E-state index is 12.3. The van der Waals surface area contributed by atoms with Crippen LogP contribution in [0.15, 0.2) is 12.1 Å². The average Bonchev–Trinajstić information content (AvgIpc) is 3.19. The third-order valence-corrected chi connectivity index (χ3v) is 6.70. The Kier molecular flexibility index (Phi) is 6.10. The van der Waals surface area contributed by atoms with Gasteiger partial charge in [-0.25, -0.2) is 0 Å². The monoisotopic (exact) mass is 407 g/mol. The lowest BCUT2D eigenvalue weighted by molar-refractivity contribution is -0.122. The van der Waals surface area contributed by atoms with Crippen molar-refractivity contribution in [1.82, 2.24) is 25.0 Å². The molecule has 27 heavy (non-hydrogen) atoms. The first-order chi connectivity index (χ1) is 13.2. The molecule has 0 aliphatic carbocycles. The van der Waals surface area contributed by atoms with Crippen LogP contribution < -0.4 is 5.32 Å². The highest BCUT2D eigenvalue weighted by Crippen LogP contribution is 2.28. The van der Waals surface area contributed by atoms with Crippen molar-refractivity contribution in [1.29, 1.82) is 0 Å². The number of amides is 1. The van der Waals surface area contributed by atoms with E-state index in [2.05, 4.69) is 25.0 Å². The van der Waals surface area contributed by atoms with E-state index in [-0.39, 0.29) is 5.91 Å². The number of hydrogen-bond acceptors (Lipinski definition) is 5. The summed E-state index contributed by atoms with van der Waals surface area (Å²) in [5, 5.41) is 12.0. The molecule has 0 radical (unpaired) electrons. The van der Waals surface area contributed by atoms with Crippen LogP contribution in [0, 0.1) is 0 Å². The number of piperidine rings is 1. The quantitative estimate of drug-likeness (QED) is 0.826. The van der Waals surface area contributed by atoms with Gasteiger partial charge in [-0.2, -0.15) is 0 Å². The Bertz CT molecular complexity index is 789. The topological polar surface area (TPSA) is 63.1 Å². The normalized spacial score (nSPS) is 20.9. The molecule has 0 bridgehead atoms. The number of rotatable bonds is 5. The number of hydrogen-bond donors (Lipinski definition) is 1. The predicted octanol–water partition coefficient (Wildman–Crippen LogP) is 3.22. The zero-order chi connectivity index (χ0) is 18.6. The smallest absolute Gasteiger partial charge is 0.234 e. The summed E-state index contributed by atoms with van der Waals surface area (Å²) in [6, 6.07) is 3.83. The van der Waals surface area contributed by atoms with Crippen LogP contribution >= 0.6 is 22.9 Å². The molecule has 0 saturated carbocycles. The third kappa shape index (κ3) is 4.70. The van der Waals surface area contributed by atoms with E-state index in [0.29, 0.717) is 19.0 Å². The van der Waals surface area contributed by atoms with Gasteiger partial charge in [0.2, 0.25) is 5.91 Å². The first kappa shape index (κ1) is 18.9. The van der Waals surface area contributed by atoms with Crippen LogP contribution in [0.25, 0.3) is 0 Å². The van der Waals surface area contributed by atoms with Crippen LogP contribution in [-0.2, 0) is 24.3 Å². The van der Waals surface area contributed by atoms with E-state index >= 15 is 0 Å². The van der Waals surface area contributed by atoms with Crippen molar-refractivity contribution < 1.29 is 4.79 Å². The van der Waals surface area contributed by atoms with Gasteiger partial charge in [-0.3, -0.25) is 9.69 Å². The Morgan fingerprint density at radius 2 is 2.15 bits per heavy atom. The second kappa shape index (κ2) is 8.71. The van der Waals surface area contributed by atoms with Gasteiger partial charge in [0.25, 0.3) is 0 Å². The van der Waals surface area contributed by atoms with Crippen molar-refractivity contribution in [3.8, 4) is 0 Å². The van der Waals surface area contributed by atoms with E-state index in [4.69, 9.17) is 11.6 Å². The van der Waals surface area contributed by atoms with Gasteiger partial charge in [0, 0.05) is 30.3 Å². The lowest BCUT2D eigenvalue weighted by Gasteiger charge is -2.31. The molecule has 2 aromatic rings. The van der Waals surface area contributed by atoms with Crippen LogP contribution in [0.4, 0.5) is 0 Å². The van der Waals surface area contributed by atoms with Gasteiger partial charge in [-0.1, -0.05) is 18.0 Å². The molecule has 6 nitrogen and oxygen atoms in total. The van der Waals surface area contributed by atoms with E-state index in [1.54, 1.807) is 0 Å². The summed E-state index contributed by atoms with van der Waals surface area (Å²) in [5.74, 6) is 2.72. The molecule has 1 unspecified atom stereocenters. The number of nitrogens with zero attached hydrogens (tertiary/aromatic N) is 4. The highest BCUT2D eigenvalue weighted by Gasteiger charge is 2.28. The van der Waals surface area contributed by atoms with Crippen molar-refractivity contribution in [2.75, 3.05) is 19.6 Å². The van der Waals surface area contributed by atoms with Crippen molar-refractivity contribution >= 4 is 28.8 Å². The second-order valence-corrected chi connectivity index (χ2v) is 9.29. The van der Waals surface area contributed by atoms with E-state index in [9.17, 15) is 4.79 Å². The van der Waals surface area contributed by atoms with Crippen molar-refractivity contribution in [2.24, 2.45) is 0 Å². The number of aryl methyl sites for hydroxylation is 1. The Labute approximate surface area is 168 Å². The van der Waals surface area contributed by atoms with Gasteiger partial charge in [0.1, 0.15) is 11.6 Å². The average molecular weight is 408 g/mol. The number of aromatic nitrogens is 3. The molecule has 2 aromatic heterocycles. The predicted molar refractivity (Wildman–Crippen MR) is 107 cm³/mol. The number of carbonyl (C=O) groups is 1. The van der Waals surface area contributed by atoms with Gasteiger partial charge >= 0.3 is 0 Å². The molecule has 146 valence electrons. The SMILES string of the molecule is O=C(CN1CCCC(c2nnc3n2CCCCC3)C1)NCc1ccc(Cl)s1. The Morgan fingerprint density at radius 3 is 3.00 bits per heavy atom. The van der Waals surface area contributed by atoms with Crippen LogP contribution in [-0.4, -0.2) is 45.2 Å². The fourth-order valence-corrected chi connectivity index (χ4v) is 5.14. The van der Waals surface area contributed by atoms with E-state index in [1.165, 1.54) is 30.6 Å². The number of likely N-dealkylation sites (tertiary alicyclic amines) is 1. The summed E-state index contributed by atoms with van der Waals surface area (Å²) in [4.78, 5) is 15.7. The van der Waals surface area contributed by atoms with Crippen molar-refractivity contribution in [3.63, 3.8) is 0 Å². The number of halogens is 1. The Morgan fingerprint density at radius 1 is 1.22 bits per heavy atom. The van der Waals surface area contributed by atoms with E-state index in [1.807, 2.05) is 12.1 Å². The van der Waals surface area contributed by atoms with E-state index < -0.39 is 0 Å². The van der Waals surface area contributed by atoms with Gasteiger partial charge in [-0.05, 0) is 44.4 Å². The summed E-state index contributed by atoms with van der Waals surface area (Å²) >= 11 is 7.45. The summed E-state index contributed by atoms with van der Waals surface area (Å²) in [6.07, 6.45) is 6.96. The second-order valence-electron chi connectivity index (χ2n) is 7.49. The van der Waals surface area contributed by atoms with E-state index in [0.717, 1.165) is 59.8 Å². The van der Waals surface area contributed by atoms with Gasteiger partial charge in [-0.15, -0.1) is 21.5 Å². The Balaban J connectivity index is 1.33. The summed E-state index contributed by atoms with van der Waals surface area (Å²) in [5.41, 5.74) is 0. The van der Waals surface area contributed by atoms with Crippen LogP contribution in [0.1, 0.15) is 54.5 Å². The van der Waals surface area contributed by atoms with Gasteiger partial charge in [0.05, 0.1) is 17.4 Å². The molecule has 2 aliphatic rings. The molecule has 0 spiro atoms. The molecule has 2 aliphatic heterocycles. The third-order valence-electron chi connectivity index (χ3n) is 5.46. The number of nitrogens with one attached hydrogen (secondary N) is 1. The molecule has 0 aromatic carbocycles. The molecule has 1 saturated heterocycles. The zero-order valence-corrected chi connectivity index (χ0v) is 17.1. The molecule has 1 atom stereocenters. The number of fused-ring (bicyclic) bond motifs is 1. The maximum Gasteiger partial charge on any atom is 0.234 e. The minimum absolute atomic E-state index is 0.0697. The van der Waals surface area contributed by atoms with Gasteiger partial charge < -0.3 is 9.88 Å². The standard InChI is InChI=1S/C19H26ClN5OS/c20-16-8-7-15(27-16)11-21-18(26)13-24-9-4-5-14(12-24)19-23-22-17-6-2-1-3-10-25(17)19/h7-8,14H,1-6,9-13H2,(H,21,26). The largest absolute Gasteiger partial charge is 0.350 e. The van der Waals surface area contributed by atoms with Crippen molar-refractivity contribution in [2.45, 2.75) is 57.5 Å². The molecular formula is C19H26ClN5OS. The number of carbonyl (C=O) groups excluding carboxylic acids is 1. The molecular weight excluding hydrogens is 382 g/mol. The maximum atomic E-state index is 12.3. The van der Waals surface area contributed by atoms with Crippen molar-refractivity contribution in [3.05, 3.63) is 33.0 Å². The first-order valence-corrected chi connectivity index (χ1v) is 11.0. The number of thiophene rings is 1. The van der Waals surface area contributed by atoms with Gasteiger partial charge in [0.15, 0.2) is 0 Å².